The summed E-state index contributed by atoms with van der Waals surface area (Å²) in [4.78, 5) is 4.70. The maximum Gasteiger partial charge on any atom is 0.217 e. The molecular weight excluding hydrogens is 310 g/mol. The van der Waals surface area contributed by atoms with Gasteiger partial charge in [-0.3, -0.25) is 0 Å². The highest BCUT2D eigenvalue weighted by Crippen LogP contribution is 2.30. The van der Waals surface area contributed by atoms with Crippen LogP contribution in [0.4, 0.5) is 0 Å². The average molecular weight is 335 g/mol. The summed E-state index contributed by atoms with van der Waals surface area (Å²) in [6, 6.07) is 7.50. The van der Waals surface area contributed by atoms with Crippen LogP contribution in [0.5, 0.6) is 5.75 Å². The molecule has 0 aliphatic carbocycles. The van der Waals surface area contributed by atoms with Gasteiger partial charge in [0.2, 0.25) is 5.90 Å². The van der Waals surface area contributed by atoms with E-state index in [1.807, 2.05) is 31.2 Å². The minimum Gasteiger partial charge on any atom is -0.497 e. The molecule has 6 nitrogen and oxygen atoms in total. The van der Waals surface area contributed by atoms with Crippen molar-refractivity contribution in [3.63, 3.8) is 0 Å². The molecule has 3 unspecified atom stereocenters. The largest absolute Gasteiger partial charge is 0.497 e. The predicted molar refractivity (Wildman–Crippen MR) is 89.4 cm³/mol. The van der Waals surface area contributed by atoms with Crippen molar-refractivity contribution in [2.45, 2.75) is 44.1 Å². The highest BCUT2D eigenvalue weighted by Gasteiger charge is 2.43. The first kappa shape index (κ1) is 17.2. The van der Waals surface area contributed by atoms with E-state index in [1.54, 1.807) is 7.11 Å². The third-order valence-electron chi connectivity index (χ3n) is 4.51. The number of methoxy groups -OCH3 is 1. The van der Waals surface area contributed by atoms with E-state index < -0.39 is 11.6 Å². The standard InChI is InChI=1S/C18H25NO5/c1-18(12-23-16-5-3-4-10-22-16)15(11-20)24-17(19-18)13-6-8-14(21-2)9-7-13/h6-9,15-16,20H,3-5,10-12H2,1-2H3. The maximum absolute atomic E-state index is 9.68. The van der Waals surface area contributed by atoms with E-state index in [9.17, 15) is 5.11 Å². The van der Waals surface area contributed by atoms with Gasteiger partial charge in [-0.15, -0.1) is 0 Å². The summed E-state index contributed by atoms with van der Waals surface area (Å²) >= 11 is 0. The van der Waals surface area contributed by atoms with Crippen molar-refractivity contribution in [3.05, 3.63) is 29.8 Å². The lowest BCUT2D eigenvalue weighted by Crippen LogP contribution is -2.43. The molecule has 2 aliphatic rings. The number of aliphatic imine (C=N–C) groups is 1. The van der Waals surface area contributed by atoms with E-state index in [1.165, 1.54) is 0 Å². The molecule has 132 valence electrons. The summed E-state index contributed by atoms with van der Waals surface area (Å²) in [5, 5.41) is 9.68. The number of aliphatic hydroxyl groups excluding tert-OH is 1. The molecule has 1 aromatic carbocycles. The number of benzene rings is 1. The van der Waals surface area contributed by atoms with Gasteiger partial charge in [0.25, 0.3) is 0 Å². The van der Waals surface area contributed by atoms with Crippen molar-refractivity contribution in [1.82, 2.24) is 0 Å². The third kappa shape index (κ3) is 3.71. The lowest BCUT2D eigenvalue weighted by molar-refractivity contribution is -0.174. The van der Waals surface area contributed by atoms with Crippen molar-refractivity contribution in [3.8, 4) is 5.75 Å². The molecule has 1 fully saturated rings. The van der Waals surface area contributed by atoms with Crippen LogP contribution in [0.2, 0.25) is 0 Å². The molecule has 2 heterocycles. The Morgan fingerprint density at radius 1 is 1.29 bits per heavy atom. The van der Waals surface area contributed by atoms with Gasteiger partial charge in [-0.05, 0) is 50.5 Å². The molecule has 0 amide bonds. The van der Waals surface area contributed by atoms with Crippen LogP contribution in [0.1, 0.15) is 31.7 Å². The lowest BCUT2D eigenvalue weighted by atomic mass is 9.98. The van der Waals surface area contributed by atoms with Gasteiger partial charge >= 0.3 is 0 Å². The molecule has 0 spiro atoms. The fourth-order valence-corrected chi connectivity index (χ4v) is 2.92. The molecule has 6 heteroatoms. The smallest absolute Gasteiger partial charge is 0.217 e. The SMILES string of the molecule is COc1ccc(C2=NC(C)(COC3CCCCO3)C(CO)O2)cc1. The highest BCUT2D eigenvalue weighted by molar-refractivity contribution is 5.95. The quantitative estimate of drug-likeness (QED) is 0.862. The van der Waals surface area contributed by atoms with Gasteiger partial charge in [-0.2, -0.15) is 0 Å². The van der Waals surface area contributed by atoms with Crippen LogP contribution in [0.25, 0.3) is 0 Å². The first-order valence-corrected chi connectivity index (χ1v) is 8.39. The summed E-state index contributed by atoms with van der Waals surface area (Å²) in [6.45, 7) is 2.91. The summed E-state index contributed by atoms with van der Waals surface area (Å²) in [5.74, 6) is 1.30. The van der Waals surface area contributed by atoms with E-state index in [4.69, 9.17) is 23.9 Å². The molecule has 0 saturated carbocycles. The van der Waals surface area contributed by atoms with E-state index in [-0.39, 0.29) is 12.9 Å². The highest BCUT2D eigenvalue weighted by atomic mass is 16.7. The summed E-state index contributed by atoms with van der Waals surface area (Å²) in [6.07, 6.45) is 2.48. The minimum atomic E-state index is -0.634. The fourth-order valence-electron chi connectivity index (χ4n) is 2.92. The van der Waals surface area contributed by atoms with Crippen LogP contribution in [-0.2, 0) is 14.2 Å². The Bertz CT molecular complexity index is 567. The van der Waals surface area contributed by atoms with Gasteiger partial charge in [-0.25, -0.2) is 4.99 Å². The second kappa shape index (κ2) is 7.51. The van der Waals surface area contributed by atoms with Gasteiger partial charge in [0.05, 0.1) is 20.3 Å². The van der Waals surface area contributed by atoms with Gasteiger partial charge < -0.3 is 24.1 Å². The number of hydrogen-bond donors (Lipinski definition) is 1. The Morgan fingerprint density at radius 3 is 2.71 bits per heavy atom. The zero-order chi connectivity index (χ0) is 17.0. The molecule has 1 saturated heterocycles. The van der Waals surface area contributed by atoms with Crippen LogP contribution in [0, 0.1) is 0 Å². The van der Waals surface area contributed by atoms with Crippen LogP contribution >= 0.6 is 0 Å². The zero-order valence-corrected chi connectivity index (χ0v) is 14.2. The lowest BCUT2D eigenvalue weighted by Gasteiger charge is -2.29. The molecule has 1 N–H and O–H groups in total. The Morgan fingerprint density at radius 2 is 2.08 bits per heavy atom. The van der Waals surface area contributed by atoms with Crippen LogP contribution in [0.3, 0.4) is 0 Å². The molecule has 1 aromatic rings. The number of nitrogens with zero attached hydrogens (tertiary/aromatic N) is 1. The zero-order valence-electron chi connectivity index (χ0n) is 14.2. The number of rotatable bonds is 6. The first-order valence-electron chi connectivity index (χ1n) is 8.39. The average Bonchev–Trinajstić information content (AvgIpc) is 2.98. The van der Waals surface area contributed by atoms with E-state index in [0.29, 0.717) is 12.5 Å². The molecule has 0 bridgehead atoms. The van der Waals surface area contributed by atoms with Crippen molar-refractivity contribution >= 4 is 5.90 Å². The molecule has 0 radical (unpaired) electrons. The number of ether oxygens (including phenoxy) is 4. The van der Waals surface area contributed by atoms with Gasteiger partial charge in [0, 0.05) is 12.2 Å². The number of hydrogen-bond acceptors (Lipinski definition) is 6. The van der Waals surface area contributed by atoms with Crippen molar-refractivity contribution in [1.29, 1.82) is 0 Å². The summed E-state index contributed by atoms with van der Waals surface area (Å²) in [7, 11) is 1.63. The fraction of sp³-hybridized carbons (Fsp3) is 0.611. The maximum atomic E-state index is 9.68. The molecule has 0 aromatic heterocycles. The van der Waals surface area contributed by atoms with Gasteiger partial charge in [-0.1, -0.05) is 0 Å². The second-order valence-electron chi connectivity index (χ2n) is 6.40. The molecule has 2 aliphatic heterocycles. The Hall–Kier alpha value is -1.63. The van der Waals surface area contributed by atoms with E-state index >= 15 is 0 Å². The third-order valence-corrected chi connectivity index (χ3v) is 4.51. The van der Waals surface area contributed by atoms with Crippen molar-refractivity contribution in [2.24, 2.45) is 4.99 Å². The summed E-state index contributed by atoms with van der Waals surface area (Å²) < 4.78 is 22.5. The minimum absolute atomic E-state index is 0.117. The van der Waals surface area contributed by atoms with E-state index in [2.05, 4.69) is 0 Å². The molecule has 3 rings (SSSR count). The number of aliphatic hydroxyl groups is 1. The second-order valence-corrected chi connectivity index (χ2v) is 6.40. The van der Waals surface area contributed by atoms with E-state index in [0.717, 1.165) is 37.2 Å². The molecular formula is C18H25NO5. The normalized spacial score (nSPS) is 29.9. The van der Waals surface area contributed by atoms with Gasteiger partial charge in [0.15, 0.2) is 12.4 Å². The van der Waals surface area contributed by atoms with Crippen molar-refractivity contribution in [2.75, 3.05) is 26.9 Å². The Balaban J connectivity index is 1.70. The monoisotopic (exact) mass is 335 g/mol. The Labute approximate surface area is 142 Å². The van der Waals surface area contributed by atoms with Crippen LogP contribution < -0.4 is 4.74 Å². The van der Waals surface area contributed by atoms with Crippen LogP contribution in [-0.4, -0.2) is 55.9 Å². The molecule has 24 heavy (non-hydrogen) atoms. The summed E-state index contributed by atoms with van der Waals surface area (Å²) in [5.41, 5.74) is 0.219. The topological polar surface area (TPSA) is 69.5 Å². The molecule has 3 atom stereocenters. The van der Waals surface area contributed by atoms with Crippen LogP contribution in [0.15, 0.2) is 29.3 Å². The predicted octanol–water partition coefficient (Wildman–Crippen LogP) is 2.13. The van der Waals surface area contributed by atoms with Crippen molar-refractivity contribution < 1.29 is 24.1 Å². The first-order chi connectivity index (χ1) is 11.6. The van der Waals surface area contributed by atoms with Gasteiger partial charge in [0.1, 0.15) is 11.3 Å². The Kier molecular flexibility index (Phi) is 5.38.